The van der Waals surface area contributed by atoms with Crippen LogP contribution in [0.4, 0.5) is 0 Å². The highest BCUT2D eigenvalue weighted by atomic mass is 16.5. The highest BCUT2D eigenvalue weighted by molar-refractivity contribution is 5.81. The summed E-state index contributed by atoms with van der Waals surface area (Å²) >= 11 is 0. The maximum atomic E-state index is 12.9. The Morgan fingerprint density at radius 1 is 0.766 bits per heavy atom. The summed E-state index contributed by atoms with van der Waals surface area (Å²) in [6, 6.07) is 17.0. The predicted molar refractivity (Wildman–Crippen MR) is 189 cm³/mol. The minimum Gasteiger partial charge on any atom is -0.507 e. The maximum absolute atomic E-state index is 12.9. The Morgan fingerprint density at radius 3 is 1.85 bits per heavy atom. The molecule has 0 aliphatic rings. The van der Waals surface area contributed by atoms with E-state index in [0.29, 0.717) is 35.4 Å². The van der Waals surface area contributed by atoms with Crippen molar-refractivity contribution in [1.82, 2.24) is 20.3 Å². The van der Waals surface area contributed by atoms with Crippen LogP contribution in [-0.4, -0.2) is 50.8 Å². The number of unbranched alkanes of at least 4 members (excludes halogenated alkanes) is 3. The van der Waals surface area contributed by atoms with Crippen molar-refractivity contribution in [3.63, 3.8) is 0 Å². The molecule has 8 nitrogen and oxygen atoms in total. The lowest BCUT2D eigenvalue weighted by molar-refractivity contribution is -0.128. The number of amides is 1. The van der Waals surface area contributed by atoms with Crippen LogP contribution >= 0.6 is 0 Å². The lowest BCUT2D eigenvalue weighted by Crippen LogP contribution is -2.43. The standard InChI is InChI=1S/C39H50N4O4/c1-9-10-11-12-13-29(7)46-23-28(6)40-39(45)30(8)47-31-16-19-34(35(44)22-31)38-42-36(32-17-14-24(2)20-26(32)4)41-37(43-38)33-18-15-25(3)21-27(33)5/h14-22,28-30,44H,9-13,23H2,1-8H3,(H,40,45). The third kappa shape index (κ3) is 9.85. The summed E-state index contributed by atoms with van der Waals surface area (Å²) in [5.74, 6) is 1.43. The zero-order valence-electron chi connectivity index (χ0n) is 29.2. The molecule has 0 aliphatic carbocycles. The third-order valence-corrected chi connectivity index (χ3v) is 8.26. The van der Waals surface area contributed by atoms with Crippen molar-refractivity contribution < 1.29 is 19.4 Å². The average molecular weight is 639 g/mol. The smallest absolute Gasteiger partial charge is 0.261 e. The summed E-state index contributed by atoms with van der Waals surface area (Å²) in [4.78, 5) is 27.4. The second-order valence-corrected chi connectivity index (χ2v) is 12.8. The van der Waals surface area contributed by atoms with E-state index in [1.54, 1.807) is 19.1 Å². The van der Waals surface area contributed by atoms with Crippen molar-refractivity contribution in [1.29, 1.82) is 0 Å². The van der Waals surface area contributed by atoms with Crippen LogP contribution in [0.15, 0.2) is 54.6 Å². The first-order valence-electron chi connectivity index (χ1n) is 16.8. The molecule has 0 radical (unpaired) electrons. The minimum absolute atomic E-state index is 0.0610. The van der Waals surface area contributed by atoms with E-state index in [1.165, 1.54) is 25.3 Å². The van der Waals surface area contributed by atoms with E-state index in [9.17, 15) is 9.90 Å². The maximum Gasteiger partial charge on any atom is 0.261 e. The highest BCUT2D eigenvalue weighted by Crippen LogP contribution is 2.34. The Hall–Kier alpha value is -4.30. The predicted octanol–water partition coefficient (Wildman–Crippen LogP) is 8.46. The van der Waals surface area contributed by atoms with E-state index >= 15 is 0 Å². The van der Waals surface area contributed by atoms with Crippen LogP contribution < -0.4 is 10.1 Å². The molecule has 0 saturated carbocycles. The molecule has 3 aromatic carbocycles. The van der Waals surface area contributed by atoms with Crippen molar-refractivity contribution in [2.24, 2.45) is 0 Å². The van der Waals surface area contributed by atoms with Gasteiger partial charge in [-0.3, -0.25) is 4.79 Å². The van der Waals surface area contributed by atoms with Gasteiger partial charge in [0, 0.05) is 23.2 Å². The van der Waals surface area contributed by atoms with Crippen LogP contribution in [0.5, 0.6) is 11.5 Å². The summed E-state index contributed by atoms with van der Waals surface area (Å²) in [6.45, 7) is 16.5. The molecule has 0 bridgehead atoms. The molecule has 4 rings (SSSR count). The fourth-order valence-electron chi connectivity index (χ4n) is 5.55. The van der Waals surface area contributed by atoms with Crippen LogP contribution in [0.25, 0.3) is 34.2 Å². The molecule has 8 heteroatoms. The second kappa shape index (κ2) is 16.5. The summed E-state index contributed by atoms with van der Waals surface area (Å²) in [5.41, 5.74) is 6.62. The number of carbonyl (C=O) groups is 1. The van der Waals surface area contributed by atoms with Gasteiger partial charge in [0.25, 0.3) is 5.91 Å². The molecule has 1 heterocycles. The molecule has 3 unspecified atom stereocenters. The van der Waals surface area contributed by atoms with E-state index < -0.39 is 6.10 Å². The molecule has 1 aromatic heterocycles. The summed E-state index contributed by atoms with van der Waals surface area (Å²) < 4.78 is 11.9. The zero-order chi connectivity index (χ0) is 34.1. The molecule has 3 atom stereocenters. The molecule has 2 N–H and O–H groups in total. The number of hydrogen-bond donors (Lipinski definition) is 2. The Labute approximate surface area is 280 Å². The summed E-state index contributed by atoms with van der Waals surface area (Å²) in [6.07, 6.45) is 5.23. The Bertz CT molecular complexity index is 1600. The van der Waals surface area contributed by atoms with Gasteiger partial charge in [0.15, 0.2) is 23.6 Å². The van der Waals surface area contributed by atoms with Crippen molar-refractivity contribution in [2.45, 2.75) is 106 Å². The summed E-state index contributed by atoms with van der Waals surface area (Å²) in [5, 5.41) is 14.1. The first-order chi connectivity index (χ1) is 22.4. The van der Waals surface area contributed by atoms with Gasteiger partial charge in [0.2, 0.25) is 0 Å². The number of ether oxygens (including phenoxy) is 2. The number of aromatic nitrogens is 3. The molecular formula is C39H50N4O4. The number of carbonyl (C=O) groups excluding carboxylic acids is 1. The normalized spacial score (nSPS) is 13.2. The molecule has 0 fully saturated rings. The van der Waals surface area contributed by atoms with Gasteiger partial charge in [-0.15, -0.1) is 0 Å². The van der Waals surface area contributed by atoms with Crippen molar-refractivity contribution in [3.05, 3.63) is 76.9 Å². The number of hydrogen-bond acceptors (Lipinski definition) is 7. The van der Waals surface area contributed by atoms with Gasteiger partial charge in [-0.2, -0.15) is 0 Å². The van der Waals surface area contributed by atoms with Gasteiger partial charge in [-0.25, -0.2) is 15.0 Å². The Kier molecular flexibility index (Phi) is 12.5. The third-order valence-electron chi connectivity index (χ3n) is 8.26. The van der Waals surface area contributed by atoms with E-state index in [1.807, 2.05) is 45.0 Å². The van der Waals surface area contributed by atoms with Crippen LogP contribution in [0.3, 0.4) is 0 Å². The van der Waals surface area contributed by atoms with Gasteiger partial charge in [0.1, 0.15) is 11.5 Å². The van der Waals surface area contributed by atoms with Gasteiger partial charge in [-0.1, -0.05) is 80.1 Å². The van der Waals surface area contributed by atoms with Gasteiger partial charge >= 0.3 is 0 Å². The molecule has 47 heavy (non-hydrogen) atoms. The molecule has 0 aliphatic heterocycles. The molecule has 250 valence electrons. The number of aromatic hydroxyl groups is 1. The van der Waals surface area contributed by atoms with Crippen LogP contribution in [-0.2, 0) is 9.53 Å². The molecule has 4 aromatic rings. The van der Waals surface area contributed by atoms with Crippen molar-refractivity contribution >= 4 is 5.91 Å². The number of rotatable bonds is 15. The van der Waals surface area contributed by atoms with Gasteiger partial charge in [-0.05, 0) is 78.1 Å². The fraction of sp³-hybridized carbons (Fsp3) is 0.436. The fourth-order valence-corrected chi connectivity index (χ4v) is 5.55. The lowest BCUT2D eigenvalue weighted by Gasteiger charge is -2.21. The van der Waals surface area contributed by atoms with Crippen molar-refractivity contribution in [3.8, 4) is 45.7 Å². The minimum atomic E-state index is -0.779. The molecule has 0 saturated heterocycles. The molecule has 0 spiro atoms. The Balaban J connectivity index is 1.50. The Morgan fingerprint density at radius 2 is 1.32 bits per heavy atom. The van der Waals surface area contributed by atoms with E-state index in [-0.39, 0.29) is 23.8 Å². The number of nitrogens with one attached hydrogen (secondary N) is 1. The molecular weight excluding hydrogens is 588 g/mol. The quantitative estimate of drug-likeness (QED) is 0.126. The molecule has 1 amide bonds. The monoisotopic (exact) mass is 638 g/mol. The second-order valence-electron chi connectivity index (χ2n) is 12.8. The zero-order valence-corrected chi connectivity index (χ0v) is 29.2. The number of phenols is 1. The SMILES string of the molecule is CCCCCCC(C)OCC(C)NC(=O)C(C)Oc1ccc(-c2nc(-c3ccc(C)cc3C)nc(-c3ccc(C)cc3C)n2)c(O)c1. The number of aryl methyl sites for hydroxylation is 4. The number of nitrogens with zero attached hydrogens (tertiary/aromatic N) is 3. The topological polar surface area (TPSA) is 106 Å². The highest BCUT2D eigenvalue weighted by Gasteiger charge is 2.20. The van der Waals surface area contributed by atoms with Gasteiger partial charge < -0.3 is 19.9 Å². The van der Waals surface area contributed by atoms with Crippen molar-refractivity contribution in [2.75, 3.05) is 6.61 Å². The first-order valence-corrected chi connectivity index (χ1v) is 16.8. The van der Waals surface area contributed by atoms with E-state index in [4.69, 9.17) is 24.4 Å². The van der Waals surface area contributed by atoms with Crippen LogP contribution in [0.2, 0.25) is 0 Å². The van der Waals surface area contributed by atoms with Crippen LogP contribution in [0.1, 0.15) is 82.1 Å². The first kappa shape index (κ1) is 35.6. The number of phenolic OH excluding ortho intramolecular Hbond substituents is 1. The van der Waals surface area contributed by atoms with Gasteiger partial charge in [0.05, 0.1) is 18.3 Å². The van der Waals surface area contributed by atoms with E-state index in [2.05, 4.69) is 45.1 Å². The average Bonchev–Trinajstić information content (AvgIpc) is 3.02. The number of benzene rings is 3. The van der Waals surface area contributed by atoms with Crippen LogP contribution in [0, 0.1) is 27.7 Å². The summed E-state index contributed by atoms with van der Waals surface area (Å²) in [7, 11) is 0. The lowest BCUT2D eigenvalue weighted by atomic mass is 10.0. The van der Waals surface area contributed by atoms with E-state index in [0.717, 1.165) is 46.2 Å². The largest absolute Gasteiger partial charge is 0.507 e.